The van der Waals surface area contributed by atoms with Crippen molar-refractivity contribution in [3.05, 3.63) is 18.0 Å². The van der Waals surface area contributed by atoms with Crippen LogP contribution in [0.2, 0.25) is 0 Å². The highest BCUT2D eigenvalue weighted by molar-refractivity contribution is 7.90. The molecule has 0 amide bonds. The third kappa shape index (κ3) is 4.47. The van der Waals surface area contributed by atoms with Gasteiger partial charge in [-0.1, -0.05) is 13.8 Å². The molecule has 0 aromatic carbocycles. The van der Waals surface area contributed by atoms with Gasteiger partial charge in [-0.15, -0.1) is 0 Å². The Morgan fingerprint density at radius 1 is 1.47 bits per heavy atom. The molecule has 0 saturated carbocycles. The van der Waals surface area contributed by atoms with E-state index in [2.05, 4.69) is 17.3 Å². The first-order valence-electron chi connectivity index (χ1n) is 5.90. The Bertz CT molecular complexity index is 439. The number of sulfone groups is 1. The normalized spacial score (nSPS) is 13.8. The lowest BCUT2D eigenvalue weighted by atomic mass is 10.2. The summed E-state index contributed by atoms with van der Waals surface area (Å²) in [4.78, 5) is 0. The Hall–Kier alpha value is -0.880. The van der Waals surface area contributed by atoms with E-state index in [9.17, 15) is 8.42 Å². The lowest BCUT2D eigenvalue weighted by Gasteiger charge is -2.18. The second kappa shape index (κ2) is 6.16. The average Bonchev–Trinajstić information content (AvgIpc) is 2.64. The third-order valence-corrected chi connectivity index (χ3v) is 3.40. The van der Waals surface area contributed by atoms with Crippen LogP contribution in [0.3, 0.4) is 0 Å². The smallest absolute Gasteiger partial charge is 0.149 e. The molecule has 1 heterocycles. The van der Waals surface area contributed by atoms with Crippen LogP contribution in [0.15, 0.2) is 12.3 Å². The fraction of sp³-hybridized carbons (Fsp3) is 0.727. The van der Waals surface area contributed by atoms with Gasteiger partial charge in [-0.05, 0) is 19.0 Å². The molecule has 98 valence electrons. The summed E-state index contributed by atoms with van der Waals surface area (Å²) in [6.45, 7) is 5.59. The molecule has 1 rings (SSSR count). The number of rotatable bonds is 7. The van der Waals surface area contributed by atoms with E-state index in [1.165, 1.54) is 6.26 Å². The van der Waals surface area contributed by atoms with E-state index in [-0.39, 0.29) is 11.8 Å². The van der Waals surface area contributed by atoms with Gasteiger partial charge < -0.3 is 5.32 Å². The van der Waals surface area contributed by atoms with Crippen LogP contribution in [0.4, 0.5) is 0 Å². The van der Waals surface area contributed by atoms with Crippen LogP contribution < -0.4 is 5.32 Å². The molecule has 0 aliphatic heterocycles. The molecule has 1 unspecified atom stereocenters. The van der Waals surface area contributed by atoms with Gasteiger partial charge in [0.05, 0.1) is 17.5 Å². The van der Waals surface area contributed by atoms with Gasteiger partial charge in [-0.2, -0.15) is 5.10 Å². The molecule has 0 fully saturated rings. The number of aryl methyl sites for hydroxylation is 1. The minimum atomic E-state index is -3.01. The van der Waals surface area contributed by atoms with E-state index in [1.54, 1.807) is 6.20 Å². The molecule has 1 N–H and O–H groups in total. The van der Waals surface area contributed by atoms with Crippen LogP contribution in [0.5, 0.6) is 0 Å². The zero-order valence-electron chi connectivity index (χ0n) is 10.7. The van der Waals surface area contributed by atoms with Gasteiger partial charge in [-0.3, -0.25) is 4.68 Å². The maximum atomic E-state index is 11.4. The molecular weight excluding hydrogens is 238 g/mol. The first-order chi connectivity index (χ1) is 7.98. The highest BCUT2D eigenvalue weighted by Gasteiger charge is 2.19. The minimum Gasteiger partial charge on any atom is -0.308 e. The largest absolute Gasteiger partial charge is 0.308 e. The number of nitrogens with zero attached hydrogens (tertiary/aromatic N) is 2. The molecule has 0 aliphatic rings. The summed E-state index contributed by atoms with van der Waals surface area (Å²) in [5, 5.41) is 7.42. The van der Waals surface area contributed by atoms with E-state index in [1.807, 2.05) is 17.7 Å². The van der Waals surface area contributed by atoms with Gasteiger partial charge in [0.25, 0.3) is 0 Å². The second-order valence-electron chi connectivity index (χ2n) is 4.18. The molecule has 0 bridgehead atoms. The Labute approximate surface area is 103 Å². The van der Waals surface area contributed by atoms with E-state index in [0.717, 1.165) is 25.2 Å². The van der Waals surface area contributed by atoms with Gasteiger partial charge in [0.15, 0.2) is 0 Å². The van der Waals surface area contributed by atoms with Crippen molar-refractivity contribution in [2.75, 3.05) is 18.6 Å². The standard InChI is InChI=1S/C11H21N3O2S/c1-4-8-14-11(6-7-13-14)10(12-5-2)9-17(3,15)16/h6-7,10,12H,4-5,8-9H2,1-3H3. The van der Waals surface area contributed by atoms with Crippen LogP contribution in [0.1, 0.15) is 32.0 Å². The molecule has 0 aliphatic carbocycles. The van der Waals surface area contributed by atoms with Crippen LogP contribution in [-0.4, -0.2) is 36.8 Å². The maximum Gasteiger partial charge on any atom is 0.149 e. The summed E-state index contributed by atoms with van der Waals surface area (Å²) in [6.07, 6.45) is 3.96. The molecule has 5 nitrogen and oxygen atoms in total. The van der Waals surface area contributed by atoms with Crippen molar-refractivity contribution < 1.29 is 8.42 Å². The van der Waals surface area contributed by atoms with Crippen LogP contribution in [-0.2, 0) is 16.4 Å². The van der Waals surface area contributed by atoms with Crippen molar-refractivity contribution in [2.45, 2.75) is 32.9 Å². The molecule has 0 saturated heterocycles. The fourth-order valence-corrected chi connectivity index (χ4v) is 2.73. The molecule has 1 aromatic rings. The van der Waals surface area contributed by atoms with Crippen molar-refractivity contribution in [1.82, 2.24) is 15.1 Å². The Kier molecular flexibility index (Phi) is 5.14. The molecule has 1 atom stereocenters. The Morgan fingerprint density at radius 3 is 2.71 bits per heavy atom. The molecule has 17 heavy (non-hydrogen) atoms. The molecule has 1 aromatic heterocycles. The highest BCUT2D eigenvalue weighted by Crippen LogP contribution is 2.15. The van der Waals surface area contributed by atoms with E-state index in [4.69, 9.17) is 0 Å². The van der Waals surface area contributed by atoms with E-state index in [0.29, 0.717) is 0 Å². The van der Waals surface area contributed by atoms with Crippen molar-refractivity contribution >= 4 is 9.84 Å². The first kappa shape index (κ1) is 14.2. The monoisotopic (exact) mass is 259 g/mol. The van der Waals surface area contributed by atoms with Gasteiger partial charge in [0.1, 0.15) is 9.84 Å². The summed E-state index contributed by atoms with van der Waals surface area (Å²) in [6, 6.07) is 1.71. The number of nitrogens with one attached hydrogen (secondary N) is 1. The topological polar surface area (TPSA) is 64.0 Å². The summed E-state index contributed by atoms with van der Waals surface area (Å²) < 4.78 is 24.7. The van der Waals surface area contributed by atoms with Gasteiger partial charge >= 0.3 is 0 Å². The minimum absolute atomic E-state index is 0.107. The molecule has 0 radical (unpaired) electrons. The molecular formula is C11H21N3O2S. The SMILES string of the molecule is CCCn1nccc1C(CS(C)(=O)=O)NCC. The third-order valence-electron chi connectivity index (χ3n) is 2.46. The Balaban J connectivity index is 2.92. The first-order valence-corrected chi connectivity index (χ1v) is 7.96. The Morgan fingerprint density at radius 2 is 2.18 bits per heavy atom. The fourth-order valence-electron chi connectivity index (χ4n) is 1.84. The van der Waals surface area contributed by atoms with Crippen LogP contribution in [0.25, 0.3) is 0 Å². The highest BCUT2D eigenvalue weighted by atomic mass is 32.2. The summed E-state index contributed by atoms with van der Waals surface area (Å²) >= 11 is 0. The second-order valence-corrected chi connectivity index (χ2v) is 6.37. The summed E-state index contributed by atoms with van der Waals surface area (Å²) in [5.41, 5.74) is 0.944. The number of hydrogen-bond acceptors (Lipinski definition) is 4. The molecule has 0 spiro atoms. The average molecular weight is 259 g/mol. The quantitative estimate of drug-likeness (QED) is 0.793. The summed E-state index contributed by atoms with van der Waals surface area (Å²) in [7, 11) is -3.01. The number of hydrogen-bond donors (Lipinski definition) is 1. The van der Waals surface area contributed by atoms with Crippen LogP contribution >= 0.6 is 0 Å². The van der Waals surface area contributed by atoms with Gasteiger partial charge in [-0.25, -0.2) is 8.42 Å². The maximum absolute atomic E-state index is 11.4. The van der Waals surface area contributed by atoms with Gasteiger partial charge in [0.2, 0.25) is 0 Å². The zero-order valence-corrected chi connectivity index (χ0v) is 11.5. The lowest BCUT2D eigenvalue weighted by Crippen LogP contribution is -2.29. The lowest BCUT2D eigenvalue weighted by molar-refractivity contribution is 0.499. The summed E-state index contributed by atoms with van der Waals surface area (Å²) in [5.74, 6) is 0.107. The van der Waals surface area contributed by atoms with E-state index >= 15 is 0 Å². The molecule has 6 heteroatoms. The predicted octanol–water partition coefficient (Wildman–Crippen LogP) is 0.988. The van der Waals surface area contributed by atoms with Crippen molar-refractivity contribution in [3.8, 4) is 0 Å². The van der Waals surface area contributed by atoms with Gasteiger partial charge in [0, 0.05) is 19.0 Å². The van der Waals surface area contributed by atoms with E-state index < -0.39 is 9.84 Å². The van der Waals surface area contributed by atoms with Crippen molar-refractivity contribution in [3.63, 3.8) is 0 Å². The van der Waals surface area contributed by atoms with Crippen molar-refractivity contribution in [2.24, 2.45) is 0 Å². The predicted molar refractivity (Wildman–Crippen MR) is 68.6 cm³/mol. The zero-order chi connectivity index (χ0) is 12.9. The number of aromatic nitrogens is 2. The van der Waals surface area contributed by atoms with Crippen molar-refractivity contribution in [1.29, 1.82) is 0 Å². The van der Waals surface area contributed by atoms with Crippen LogP contribution in [0, 0.1) is 0 Å².